The Morgan fingerprint density at radius 3 is 2.09 bits per heavy atom. The van der Waals surface area contributed by atoms with Crippen LogP contribution in [0.1, 0.15) is 59.0 Å². The number of fused-ring (bicyclic) bond motifs is 3. The van der Waals surface area contributed by atoms with Crippen LogP contribution in [0.5, 0.6) is 5.75 Å². The highest BCUT2D eigenvalue weighted by atomic mass is 16.6. The van der Waals surface area contributed by atoms with E-state index in [0.29, 0.717) is 22.4 Å². The zero-order valence-corrected chi connectivity index (χ0v) is 29.9. The number of hydrogen-bond acceptors (Lipinski definition) is 8. The van der Waals surface area contributed by atoms with Crippen LogP contribution in [0, 0.1) is 5.92 Å². The zero-order chi connectivity index (χ0) is 38.3. The lowest BCUT2D eigenvalue weighted by molar-refractivity contribution is -0.179. The number of carboxylic acid groups (broad SMARTS) is 1. The molecular weight excluding hydrogens is 698 g/mol. The number of imide groups is 1. The van der Waals surface area contributed by atoms with Crippen LogP contribution in [0.2, 0.25) is 0 Å². The molecule has 0 aromatic heterocycles. The molecule has 5 aromatic carbocycles. The fourth-order valence-electron chi connectivity index (χ4n) is 8.86. The Labute approximate surface area is 317 Å². The number of anilines is 1. The fraction of sp³-hybridized carbons (Fsp3) is 0.227. The quantitative estimate of drug-likeness (QED) is 0.149. The molecule has 8 rings (SSSR count). The first-order valence-electron chi connectivity index (χ1n) is 18.2. The van der Waals surface area contributed by atoms with Crippen molar-refractivity contribution in [3.8, 4) is 5.75 Å². The number of cyclic esters (lactones) is 1. The molecule has 11 heteroatoms. The first-order chi connectivity index (χ1) is 26.8. The van der Waals surface area contributed by atoms with Gasteiger partial charge in [-0.15, -0.1) is 0 Å². The minimum absolute atomic E-state index is 0.00624. The van der Waals surface area contributed by atoms with E-state index in [0.717, 1.165) is 16.0 Å². The third kappa shape index (κ3) is 5.83. The average Bonchev–Trinajstić information content (AvgIpc) is 3.68. The van der Waals surface area contributed by atoms with Crippen molar-refractivity contribution in [3.63, 3.8) is 0 Å². The number of aliphatic hydroxyl groups is 1. The molecule has 0 aliphatic carbocycles. The van der Waals surface area contributed by atoms with Gasteiger partial charge in [0.05, 0.1) is 30.4 Å². The Morgan fingerprint density at radius 1 is 0.800 bits per heavy atom. The molecule has 0 radical (unpaired) electrons. The van der Waals surface area contributed by atoms with Crippen molar-refractivity contribution in [2.24, 2.45) is 5.92 Å². The van der Waals surface area contributed by atoms with Crippen molar-refractivity contribution in [1.82, 2.24) is 10.2 Å². The standard InChI is InChI=1S/C44H39N3O8/c1-27(28-14-5-2-6-15-28)45-43(53)46-34-23-12-11-22-33(34)44(42(46)52)35(40(49)50)37-41(51)55-38(30-18-9-4-10-19-30)36(29-16-7-3-8-17-29)47(37)39(44)31-20-13-21-32(26-31)54-25-24-48/h2-23,26-27,35-39,48H,24-25H2,1H3,(H,45,53)(H,49,50)/t27-,35+,36+,37+,38-,39-,44+/m1/s1. The van der Waals surface area contributed by atoms with Crippen molar-refractivity contribution in [3.05, 3.63) is 167 Å². The number of ether oxygens (including phenoxy) is 2. The van der Waals surface area contributed by atoms with Gasteiger partial charge in [-0.3, -0.25) is 19.3 Å². The maximum atomic E-state index is 15.7. The van der Waals surface area contributed by atoms with Crippen LogP contribution in [-0.4, -0.2) is 58.2 Å². The van der Waals surface area contributed by atoms with E-state index in [-0.39, 0.29) is 18.9 Å². The van der Waals surface area contributed by atoms with Gasteiger partial charge in [-0.2, -0.15) is 0 Å². The zero-order valence-electron chi connectivity index (χ0n) is 29.9. The molecular formula is C44H39N3O8. The summed E-state index contributed by atoms with van der Waals surface area (Å²) in [6, 6.07) is 36.9. The van der Waals surface area contributed by atoms with E-state index < -0.39 is 65.5 Å². The number of nitrogens with one attached hydrogen (secondary N) is 1. The van der Waals surface area contributed by atoms with Crippen molar-refractivity contribution >= 4 is 29.6 Å². The number of carboxylic acids is 1. The summed E-state index contributed by atoms with van der Waals surface area (Å²) in [7, 11) is 0. The Hall–Kier alpha value is -6.30. The number of rotatable bonds is 9. The number of esters is 1. The number of morpholine rings is 1. The number of benzene rings is 5. The highest BCUT2D eigenvalue weighted by Gasteiger charge is 2.75. The summed E-state index contributed by atoms with van der Waals surface area (Å²) in [6.07, 6.45) is -0.897. The number of amides is 3. The molecule has 3 aliphatic rings. The maximum Gasteiger partial charge on any atom is 0.329 e. The highest BCUT2D eigenvalue weighted by molar-refractivity contribution is 6.24. The maximum absolute atomic E-state index is 15.7. The van der Waals surface area contributed by atoms with Gasteiger partial charge in [0.15, 0.2) is 0 Å². The molecule has 0 unspecified atom stereocenters. The summed E-state index contributed by atoms with van der Waals surface area (Å²) in [6.45, 7) is 1.55. The number of aliphatic carboxylic acids is 1. The predicted molar refractivity (Wildman–Crippen MR) is 202 cm³/mol. The molecule has 0 bridgehead atoms. The molecule has 11 nitrogen and oxygen atoms in total. The summed E-state index contributed by atoms with van der Waals surface area (Å²) in [5.74, 6) is -4.30. The van der Waals surface area contributed by atoms with Crippen LogP contribution in [0.15, 0.2) is 140 Å². The smallest absolute Gasteiger partial charge is 0.329 e. The molecule has 278 valence electrons. The lowest BCUT2D eigenvalue weighted by Crippen LogP contribution is -2.54. The van der Waals surface area contributed by atoms with Crippen molar-refractivity contribution in [1.29, 1.82) is 0 Å². The van der Waals surface area contributed by atoms with E-state index >= 15 is 4.79 Å². The lowest BCUT2D eigenvalue weighted by atomic mass is 9.65. The van der Waals surface area contributed by atoms with Crippen LogP contribution in [-0.2, 0) is 24.5 Å². The van der Waals surface area contributed by atoms with E-state index in [1.807, 2.05) is 95.9 Å². The van der Waals surface area contributed by atoms with Crippen LogP contribution < -0.4 is 15.0 Å². The van der Waals surface area contributed by atoms with Crippen LogP contribution in [0.4, 0.5) is 10.5 Å². The van der Waals surface area contributed by atoms with Crippen LogP contribution in [0.3, 0.4) is 0 Å². The molecule has 3 aliphatic heterocycles. The number of aliphatic hydroxyl groups excluding tert-OH is 1. The summed E-state index contributed by atoms with van der Waals surface area (Å²) in [5.41, 5.74) is 1.21. The second kappa shape index (κ2) is 14.5. The molecule has 2 fully saturated rings. The van der Waals surface area contributed by atoms with Crippen molar-refractivity contribution < 1.29 is 38.9 Å². The van der Waals surface area contributed by atoms with E-state index in [9.17, 15) is 24.6 Å². The topological polar surface area (TPSA) is 146 Å². The monoisotopic (exact) mass is 737 g/mol. The lowest BCUT2D eigenvalue weighted by Gasteiger charge is -2.46. The molecule has 3 amide bonds. The summed E-state index contributed by atoms with van der Waals surface area (Å²) < 4.78 is 12.1. The van der Waals surface area contributed by atoms with Gasteiger partial charge in [0.1, 0.15) is 35.8 Å². The van der Waals surface area contributed by atoms with Gasteiger partial charge < -0.3 is 25.0 Å². The van der Waals surface area contributed by atoms with Crippen molar-refractivity contribution in [2.45, 2.75) is 42.6 Å². The molecule has 3 heterocycles. The SMILES string of the molecule is C[C@@H](NC(=O)N1C(=O)[C@@]2(c3ccccc31)[C@H](C(=O)O)[C@H]1C(=O)O[C@H](c3ccccc3)[C@H](c3ccccc3)N1[C@@H]2c1cccc(OCCO)c1)c1ccccc1. The van der Waals surface area contributed by atoms with Crippen molar-refractivity contribution in [2.75, 3.05) is 18.1 Å². The van der Waals surface area contributed by atoms with Crippen LogP contribution in [0.25, 0.3) is 0 Å². The van der Waals surface area contributed by atoms with Gasteiger partial charge in [0.25, 0.3) is 0 Å². The number of carbonyl (C=O) groups excluding carboxylic acids is 3. The Bertz CT molecular complexity index is 2240. The Balaban J connectivity index is 1.38. The number of urea groups is 1. The number of carbonyl (C=O) groups is 4. The molecule has 2 saturated heterocycles. The molecule has 1 spiro atoms. The van der Waals surface area contributed by atoms with E-state index in [1.165, 1.54) is 0 Å². The second-order valence-electron chi connectivity index (χ2n) is 14.0. The van der Waals surface area contributed by atoms with E-state index in [1.54, 1.807) is 55.5 Å². The average molecular weight is 738 g/mol. The third-order valence-corrected chi connectivity index (χ3v) is 11.0. The Kier molecular flexibility index (Phi) is 9.42. The summed E-state index contributed by atoms with van der Waals surface area (Å²) in [5, 5.41) is 23.9. The summed E-state index contributed by atoms with van der Waals surface area (Å²) in [4.78, 5) is 61.6. The van der Waals surface area contributed by atoms with E-state index in [2.05, 4.69) is 5.32 Å². The Morgan fingerprint density at radius 2 is 1.42 bits per heavy atom. The first kappa shape index (κ1) is 35.7. The predicted octanol–water partition coefficient (Wildman–Crippen LogP) is 6.28. The third-order valence-electron chi connectivity index (χ3n) is 11.0. The minimum Gasteiger partial charge on any atom is -0.491 e. The van der Waals surface area contributed by atoms with Gasteiger partial charge in [-0.05, 0) is 52.9 Å². The first-order valence-corrected chi connectivity index (χ1v) is 18.2. The largest absolute Gasteiger partial charge is 0.491 e. The van der Waals surface area contributed by atoms with E-state index in [4.69, 9.17) is 9.47 Å². The molecule has 5 aromatic rings. The fourth-order valence-corrected chi connectivity index (χ4v) is 8.86. The number of nitrogens with zero attached hydrogens (tertiary/aromatic N) is 2. The molecule has 0 saturated carbocycles. The van der Waals surface area contributed by atoms with Gasteiger partial charge >= 0.3 is 18.0 Å². The highest BCUT2D eigenvalue weighted by Crippen LogP contribution is 2.65. The van der Waals surface area contributed by atoms with Gasteiger partial charge in [-0.1, -0.05) is 121 Å². The summed E-state index contributed by atoms with van der Waals surface area (Å²) >= 11 is 0. The molecule has 7 atom stereocenters. The van der Waals surface area contributed by atoms with Gasteiger partial charge in [0.2, 0.25) is 5.91 Å². The minimum atomic E-state index is -2.02. The molecule has 55 heavy (non-hydrogen) atoms. The number of hydrogen-bond donors (Lipinski definition) is 3. The second-order valence-corrected chi connectivity index (χ2v) is 14.0. The normalized spacial score (nSPS) is 24.8. The van der Waals surface area contributed by atoms with Gasteiger partial charge in [0, 0.05) is 0 Å². The molecule has 3 N–H and O–H groups in total. The van der Waals surface area contributed by atoms with Crippen LogP contribution >= 0.6 is 0 Å². The number of para-hydroxylation sites is 1. The van der Waals surface area contributed by atoms with Gasteiger partial charge in [-0.25, -0.2) is 9.69 Å².